The third-order valence-corrected chi connectivity index (χ3v) is 2.82. The van der Waals surface area contributed by atoms with Gasteiger partial charge in [-0.25, -0.2) is 0 Å². The van der Waals surface area contributed by atoms with Crippen molar-refractivity contribution < 1.29 is 25.5 Å². The van der Waals surface area contributed by atoms with Crippen molar-refractivity contribution in [1.82, 2.24) is 9.97 Å². The predicted octanol–water partition coefficient (Wildman–Crippen LogP) is -1.46. The first kappa shape index (κ1) is 15.9. The summed E-state index contributed by atoms with van der Waals surface area (Å²) in [4.78, 5) is 7.90. The van der Waals surface area contributed by atoms with Crippen LogP contribution in [0.15, 0.2) is 12.4 Å². The fourth-order valence-electron chi connectivity index (χ4n) is 1.45. The third kappa shape index (κ3) is 4.48. The van der Waals surface area contributed by atoms with Gasteiger partial charge in [0, 0.05) is 12.6 Å². The Bertz CT molecular complexity index is 382. The van der Waals surface area contributed by atoms with Gasteiger partial charge in [-0.3, -0.25) is 9.97 Å². The van der Waals surface area contributed by atoms with Gasteiger partial charge in [0.2, 0.25) is 0 Å². The maximum absolute atomic E-state index is 9.72. The Balaban J connectivity index is 2.71. The lowest BCUT2D eigenvalue weighted by atomic mass is 10.1. The molecule has 5 atom stereocenters. The summed E-state index contributed by atoms with van der Waals surface area (Å²) in [6.07, 6.45) is -2.82. The lowest BCUT2D eigenvalue weighted by molar-refractivity contribution is -0.0549. The standard InChI is InChI=1S/C12H20N2O5/c1-6(15)10(17)3-8-4-14-9(5-13-8)12(19)11(18)7(2)16/h4-7,10-12,15-19H,3H2,1-2H3/t6-,7-,10+,11-,12-/m0/s1. The van der Waals surface area contributed by atoms with E-state index < -0.39 is 30.5 Å². The molecule has 7 heteroatoms. The first-order valence-corrected chi connectivity index (χ1v) is 6.04. The van der Waals surface area contributed by atoms with Gasteiger partial charge < -0.3 is 25.5 Å². The zero-order valence-corrected chi connectivity index (χ0v) is 10.9. The molecule has 0 bridgehead atoms. The molecule has 0 saturated heterocycles. The van der Waals surface area contributed by atoms with Crippen molar-refractivity contribution in [3.8, 4) is 0 Å². The van der Waals surface area contributed by atoms with Crippen LogP contribution < -0.4 is 0 Å². The monoisotopic (exact) mass is 272 g/mol. The van der Waals surface area contributed by atoms with Crippen LogP contribution in [0.3, 0.4) is 0 Å². The van der Waals surface area contributed by atoms with E-state index in [-0.39, 0.29) is 12.1 Å². The van der Waals surface area contributed by atoms with Crippen LogP contribution in [-0.4, -0.2) is 59.9 Å². The van der Waals surface area contributed by atoms with E-state index in [0.29, 0.717) is 5.69 Å². The molecular weight excluding hydrogens is 252 g/mol. The van der Waals surface area contributed by atoms with Gasteiger partial charge in [0.1, 0.15) is 12.2 Å². The summed E-state index contributed by atoms with van der Waals surface area (Å²) in [6, 6.07) is 0. The van der Waals surface area contributed by atoms with Gasteiger partial charge in [0.25, 0.3) is 0 Å². The molecule has 108 valence electrons. The largest absolute Gasteiger partial charge is 0.391 e. The highest BCUT2D eigenvalue weighted by molar-refractivity contribution is 5.07. The second kappa shape index (κ2) is 6.88. The van der Waals surface area contributed by atoms with Crippen molar-refractivity contribution in [2.24, 2.45) is 0 Å². The van der Waals surface area contributed by atoms with Crippen LogP contribution in [0.2, 0.25) is 0 Å². The molecule has 1 heterocycles. The van der Waals surface area contributed by atoms with E-state index >= 15 is 0 Å². The number of hydrogen-bond acceptors (Lipinski definition) is 7. The summed E-state index contributed by atoms with van der Waals surface area (Å²) in [7, 11) is 0. The summed E-state index contributed by atoms with van der Waals surface area (Å²) in [5.74, 6) is 0. The highest BCUT2D eigenvalue weighted by Crippen LogP contribution is 2.16. The molecule has 0 aliphatic rings. The summed E-state index contributed by atoms with van der Waals surface area (Å²) in [5, 5.41) is 47.0. The minimum Gasteiger partial charge on any atom is -0.391 e. The number of aromatic nitrogens is 2. The van der Waals surface area contributed by atoms with Crippen LogP contribution in [0.25, 0.3) is 0 Å². The Morgan fingerprint density at radius 2 is 1.58 bits per heavy atom. The average Bonchev–Trinajstić information content (AvgIpc) is 2.37. The SMILES string of the molecule is C[C@H](O)[C@H](O)[C@@H](O)c1cnc(C[C@@H](O)[C@H](C)O)cn1. The number of nitrogens with zero attached hydrogens (tertiary/aromatic N) is 2. The fraction of sp³-hybridized carbons (Fsp3) is 0.667. The van der Waals surface area contributed by atoms with Gasteiger partial charge in [0.05, 0.1) is 35.9 Å². The molecule has 1 aromatic rings. The molecule has 0 amide bonds. The summed E-state index contributed by atoms with van der Waals surface area (Å²) < 4.78 is 0. The Morgan fingerprint density at radius 3 is 2.00 bits per heavy atom. The van der Waals surface area contributed by atoms with E-state index in [1.807, 2.05) is 0 Å². The molecule has 1 rings (SSSR count). The Hall–Kier alpha value is -1.12. The van der Waals surface area contributed by atoms with Crippen molar-refractivity contribution in [3.05, 3.63) is 23.8 Å². The van der Waals surface area contributed by atoms with E-state index in [0.717, 1.165) is 0 Å². The van der Waals surface area contributed by atoms with Crippen molar-refractivity contribution in [1.29, 1.82) is 0 Å². The van der Waals surface area contributed by atoms with Crippen LogP contribution >= 0.6 is 0 Å². The lowest BCUT2D eigenvalue weighted by Crippen LogP contribution is -2.30. The molecule has 0 aromatic carbocycles. The van der Waals surface area contributed by atoms with Crippen LogP contribution in [0.5, 0.6) is 0 Å². The predicted molar refractivity (Wildman–Crippen MR) is 66.1 cm³/mol. The molecule has 7 nitrogen and oxygen atoms in total. The van der Waals surface area contributed by atoms with Gasteiger partial charge in [-0.15, -0.1) is 0 Å². The number of rotatable bonds is 6. The number of hydrogen-bond donors (Lipinski definition) is 5. The van der Waals surface area contributed by atoms with E-state index in [9.17, 15) is 15.3 Å². The van der Waals surface area contributed by atoms with E-state index in [2.05, 4.69) is 9.97 Å². The van der Waals surface area contributed by atoms with Gasteiger partial charge >= 0.3 is 0 Å². The molecule has 0 fully saturated rings. The van der Waals surface area contributed by atoms with Gasteiger partial charge in [-0.2, -0.15) is 0 Å². The van der Waals surface area contributed by atoms with Crippen molar-refractivity contribution in [3.63, 3.8) is 0 Å². The molecular formula is C12H20N2O5. The molecule has 19 heavy (non-hydrogen) atoms. The maximum atomic E-state index is 9.72. The highest BCUT2D eigenvalue weighted by Gasteiger charge is 2.24. The second-order valence-electron chi connectivity index (χ2n) is 4.62. The van der Waals surface area contributed by atoms with Gasteiger partial charge in [0.15, 0.2) is 0 Å². The smallest absolute Gasteiger partial charge is 0.126 e. The summed E-state index contributed by atoms with van der Waals surface area (Å²) in [6.45, 7) is 2.82. The number of aliphatic hydroxyl groups is 5. The fourth-order valence-corrected chi connectivity index (χ4v) is 1.45. The van der Waals surface area contributed by atoms with E-state index in [1.54, 1.807) is 0 Å². The molecule has 0 aliphatic heterocycles. The first-order valence-electron chi connectivity index (χ1n) is 6.04. The van der Waals surface area contributed by atoms with Crippen LogP contribution in [-0.2, 0) is 6.42 Å². The van der Waals surface area contributed by atoms with Gasteiger partial charge in [-0.05, 0) is 13.8 Å². The molecule has 0 spiro atoms. The topological polar surface area (TPSA) is 127 Å². The Morgan fingerprint density at radius 1 is 0.947 bits per heavy atom. The lowest BCUT2D eigenvalue weighted by Gasteiger charge is -2.19. The minimum absolute atomic E-state index is 0.128. The van der Waals surface area contributed by atoms with Gasteiger partial charge in [-0.1, -0.05) is 0 Å². The van der Waals surface area contributed by atoms with Crippen molar-refractivity contribution in [2.75, 3.05) is 0 Å². The Kier molecular flexibility index (Phi) is 5.77. The minimum atomic E-state index is -1.34. The van der Waals surface area contributed by atoms with Crippen molar-refractivity contribution >= 4 is 0 Å². The van der Waals surface area contributed by atoms with Crippen molar-refractivity contribution in [2.45, 2.75) is 50.8 Å². The highest BCUT2D eigenvalue weighted by atomic mass is 16.4. The maximum Gasteiger partial charge on any atom is 0.126 e. The molecule has 0 radical (unpaired) electrons. The zero-order valence-electron chi connectivity index (χ0n) is 10.9. The normalized spacial score (nSPS) is 19.5. The molecule has 0 unspecified atom stereocenters. The summed E-state index contributed by atoms with van der Waals surface area (Å²) in [5.41, 5.74) is 0.583. The molecule has 5 N–H and O–H groups in total. The molecule has 0 aliphatic carbocycles. The van der Waals surface area contributed by atoms with Crippen LogP contribution in [0.4, 0.5) is 0 Å². The van der Waals surface area contributed by atoms with E-state index in [4.69, 9.17) is 10.2 Å². The number of aliphatic hydroxyl groups excluding tert-OH is 5. The zero-order chi connectivity index (χ0) is 14.6. The Labute approximate surface area is 111 Å². The molecule has 1 aromatic heterocycles. The van der Waals surface area contributed by atoms with Crippen LogP contribution in [0.1, 0.15) is 31.3 Å². The molecule has 0 saturated carbocycles. The quantitative estimate of drug-likeness (QED) is 0.428. The average molecular weight is 272 g/mol. The second-order valence-corrected chi connectivity index (χ2v) is 4.62. The van der Waals surface area contributed by atoms with Crippen LogP contribution in [0, 0.1) is 0 Å². The third-order valence-electron chi connectivity index (χ3n) is 2.82. The summed E-state index contributed by atoms with van der Waals surface area (Å²) >= 11 is 0. The first-order chi connectivity index (χ1) is 8.82. The van der Waals surface area contributed by atoms with E-state index in [1.165, 1.54) is 26.2 Å².